The van der Waals surface area contributed by atoms with Crippen molar-refractivity contribution in [2.45, 2.75) is 0 Å². The molecule has 3 heterocycles. The van der Waals surface area contributed by atoms with Crippen LogP contribution in [0.15, 0.2) is 130 Å². The number of furan rings is 2. The Bertz CT molecular complexity index is 2300. The molecular weight excluding hydrogens is 508 g/mol. The molecule has 0 unspecified atom stereocenters. The number of fused-ring (bicyclic) bond motifs is 9. The van der Waals surface area contributed by atoms with Crippen LogP contribution in [0.25, 0.3) is 77.3 Å². The normalized spacial score (nSPS) is 12.7. The van der Waals surface area contributed by atoms with Gasteiger partial charge in [0.25, 0.3) is 0 Å². The first kappa shape index (κ1) is 22.3. The molecule has 41 heavy (non-hydrogen) atoms. The van der Waals surface area contributed by atoms with Gasteiger partial charge in [-0.2, -0.15) is 0 Å². The van der Waals surface area contributed by atoms with E-state index in [1.807, 2.05) is 54.6 Å². The summed E-state index contributed by atoms with van der Waals surface area (Å²) in [5.41, 5.74) is 9.88. The molecular formula is C37H22O4. The summed E-state index contributed by atoms with van der Waals surface area (Å²) in [6.07, 6.45) is 0. The van der Waals surface area contributed by atoms with Crippen LogP contribution in [-0.2, 0) is 0 Å². The van der Waals surface area contributed by atoms with E-state index in [9.17, 15) is 0 Å². The average molecular weight is 531 g/mol. The Kier molecular flexibility index (Phi) is 4.64. The fourth-order valence-corrected chi connectivity index (χ4v) is 6.15. The van der Waals surface area contributed by atoms with Crippen molar-refractivity contribution in [1.82, 2.24) is 0 Å². The zero-order valence-electron chi connectivity index (χ0n) is 21.9. The van der Waals surface area contributed by atoms with Crippen LogP contribution in [0.4, 0.5) is 0 Å². The van der Waals surface area contributed by atoms with Crippen LogP contribution in [0.5, 0.6) is 11.5 Å². The van der Waals surface area contributed by atoms with Gasteiger partial charge in [0.2, 0.25) is 6.79 Å². The van der Waals surface area contributed by atoms with E-state index in [1.165, 1.54) is 0 Å². The maximum absolute atomic E-state index is 6.16. The first-order valence-corrected chi connectivity index (χ1v) is 13.7. The van der Waals surface area contributed by atoms with Gasteiger partial charge in [-0.25, -0.2) is 0 Å². The Labute approximate surface area is 235 Å². The van der Waals surface area contributed by atoms with Crippen molar-refractivity contribution in [2.24, 2.45) is 0 Å². The summed E-state index contributed by atoms with van der Waals surface area (Å²) in [7, 11) is 0. The molecule has 0 saturated heterocycles. The minimum Gasteiger partial charge on any atom is -0.457 e. The highest BCUT2D eigenvalue weighted by Gasteiger charge is 2.20. The molecule has 4 heteroatoms. The standard InChI is InChI=1S/C37H22O4/c1-3-9-32-26(6-1)27-15-12-23(19-36(27)41-32)22-14-17-31-30(18-22)28-16-13-24(20-35(28)39-21-38-31)25-8-5-11-34-37(25)29-7-2-4-10-33(29)40-34/h1-20H,21H2. The molecule has 2 aromatic heterocycles. The molecule has 0 spiro atoms. The molecule has 9 rings (SSSR count). The fraction of sp³-hybridized carbons (Fsp3) is 0.0270. The highest BCUT2D eigenvalue weighted by atomic mass is 16.7. The Hall–Kier alpha value is -5.48. The molecule has 0 aliphatic carbocycles. The van der Waals surface area contributed by atoms with Crippen LogP contribution in [0.1, 0.15) is 0 Å². The third-order valence-electron chi connectivity index (χ3n) is 8.11. The van der Waals surface area contributed by atoms with Crippen LogP contribution in [0.3, 0.4) is 0 Å². The van der Waals surface area contributed by atoms with Gasteiger partial charge < -0.3 is 18.3 Å². The second-order valence-electron chi connectivity index (χ2n) is 10.4. The van der Waals surface area contributed by atoms with Gasteiger partial charge in [0.1, 0.15) is 33.8 Å². The molecule has 0 fully saturated rings. The second kappa shape index (κ2) is 8.51. The Morgan fingerprint density at radius 3 is 2.00 bits per heavy atom. The lowest BCUT2D eigenvalue weighted by Gasteiger charge is -2.12. The highest BCUT2D eigenvalue weighted by Crippen LogP contribution is 2.45. The summed E-state index contributed by atoms with van der Waals surface area (Å²) < 4.78 is 24.5. The van der Waals surface area contributed by atoms with E-state index < -0.39 is 0 Å². The number of ether oxygens (including phenoxy) is 2. The molecule has 0 atom stereocenters. The molecule has 0 saturated carbocycles. The summed E-state index contributed by atoms with van der Waals surface area (Å²) in [5, 5.41) is 4.46. The molecule has 0 bridgehead atoms. The first-order chi connectivity index (χ1) is 20.3. The lowest BCUT2D eigenvalue weighted by molar-refractivity contribution is 0.125. The first-order valence-electron chi connectivity index (χ1n) is 13.7. The molecule has 6 aromatic carbocycles. The molecule has 0 amide bonds. The number of hydrogen-bond acceptors (Lipinski definition) is 4. The fourth-order valence-electron chi connectivity index (χ4n) is 6.15. The molecule has 1 aliphatic rings. The van der Waals surface area contributed by atoms with E-state index in [1.54, 1.807) is 0 Å². The van der Waals surface area contributed by atoms with Crippen molar-refractivity contribution in [2.75, 3.05) is 6.79 Å². The van der Waals surface area contributed by atoms with Crippen LogP contribution in [-0.4, -0.2) is 6.79 Å². The van der Waals surface area contributed by atoms with Gasteiger partial charge in [0, 0.05) is 32.7 Å². The third-order valence-corrected chi connectivity index (χ3v) is 8.11. The topological polar surface area (TPSA) is 44.7 Å². The van der Waals surface area contributed by atoms with Gasteiger partial charge >= 0.3 is 0 Å². The molecule has 8 aromatic rings. The van der Waals surface area contributed by atoms with Crippen LogP contribution < -0.4 is 9.47 Å². The van der Waals surface area contributed by atoms with E-state index in [0.29, 0.717) is 0 Å². The van der Waals surface area contributed by atoms with Crippen molar-refractivity contribution < 1.29 is 18.3 Å². The van der Waals surface area contributed by atoms with Gasteiger partial charge in [-0.3, -0.25) is 0 Å². The summed E-state index contributed by atoms with van der Waals surface area (Å²) in [6, 6.07) is 41.6. The summed E-state index contributed by atoms with van der Waals surface area (Å²) in [4.78, 5) is 0. The van der Waals surface area contributed by atoms with Crippen molar-refractivity contribution in [3.63, 3.8) is 0 Å². The molecule has 1 aliphatic heterocycles. The molecule has 4 nitrogen and oxygen atoms in total. The molecule has 194 valence electrons. The van der Waals surface area contributed by atoms with Gasteiger partial charge in [0.15, 0.2) is 0 Å². The highest BCUT2D eigenvalue weighted by molar-refractivity contribution is 6.12. The van der Waals surface area contributed by atoms with Crippen LogP contribution in [0, 0.1) is 0 Å². The third kappa shape index (κ3) is 3.41. The number of benzene rings is 6. The molecule has 0 N–H and O–H groups in total. The average Bonchev–Trinajstić information content (AvgIpc) is 3.53. The lowest BCUT2D eigenvalue weighted by Crippen LogP contribution is -2.03. The summed E-state index contributed by atoms with van der Waals surface area (Å²) in [6.45, 7) is 0.145. The largest absolute Gasteiger partial charge is 0.457 e. The lowest BCUT2D eigenvalue weighted by atomic mass is 9.94. The summed E-state index contributed by atoms with van der Waals surface area (Å²) in [5.74, 6) is 1.59. The van der Waals surface area contributed by atoms with Gasteiger partial charge in [-0.15, -0.1) is 0 Å². The van der Waals surface area contributed by atoms with Gasteiger partial charge in [-0.05, 0) is 76.9 Å². The van der Waals surface area contributed by atoms with E-state index >= 15 is 0 Å². The van der Waals surface area contributed by atoms with E-state index in [0.717, 1.165) is 88.8 Å². The SMILES string of the molecule is c1ccc2c(c1)oc1cc(-c3ccc4c(c3)-c3ccc(-c5cccc6oc7ccccc7c56)cc3OCO4)ccc12. The quantitative estimate of drug-likeness (QED) is 0.223. The van der Waals surface area contributed by atoms with Crippen molar-refractivity contribution >= 4 is 43.9 Å². The Morgan fingerprint density at radius 2 is 1.07 bits per heavy atom. The number of para-hydroxylation sites is 2. The predicted octanol–water partition coefficient (Wildman–Crippen LogP) is 10.2. The predicted molar refractivity (Wildman–Crippen MR) is 163 cm³/mol. The van der Waals surface area contributed by atoms with Crippen molar-refractivity contribution in [3.8, 4) is 44.9 Å². The summed E-state index contributed by atoms with van der Waals surface area (Å²) >= 11 is 0. The van der Waals surface area contributed by atoms with Crippen LogP contribution in [0.2, 0.25) is 0 Å². The second-order valence-corrected chi connectivity index (χ2v) is 10.4. The van der Waals surface area contributed by atoms with E-state index in [4.69, 9.17) is 18.3 Å². The smallest absolute Gasteiger partial charge is 0.230 e. The number of hydrogen-bond donors (Lipinski definition) is 0. The van der Waals surface area contributed by atoms with Gasteiger partial charge in [-0.1, -0.05) is 66.7 Å². The van der Waals surface area contributed by atoms with Crippen molar-refractivity contribution in [1.29, 1.82) is 0 Å². The minimum atomic E-state index is 0.145. The Morgan fingerprint density at radius 1 is 0.390 bits per heavy atom. The maximum atomic E-state index is 6.16. The van der Waals surface area contributed by atoms with Gasteiger partial charge in [0.05, 0.1) is 0 Å². The van der Waals surface area contributed by atoms with Crippen LogP contribution >= 0.6 is 0 Å². The van der Waals surface area contributed by atoms with E-state index in [-0.39, 0.29) is 6.79 Å². The monoisotopic (exact) mass is 530 g/mol. The Balaban J connectivity index is 1.17. The zero-order valence-corrected chi connectivity index (χ0v) is 21.9. The minimum absolute atomic E-state index is 0.145. The number of rotatable bonds is 2. The van der Waals surface area contributed by atoms with Crippen molar-refractivity contribution in [3.05, 3.63) is 121 Å². The zero-order chi connectivity index (χ0) is 26.9. The molecule has 0 radical (unpaired) electrons. The maximum Gasteiger partial charge on any atom is 0.230 e. The van der Waals surface area contributed by atoms with E-state index in [2.05, 4.69) is 66.7 Å².